The standard InChI is InChI=1S/C11H9BrClN3O2S/c12-7-1-3-9(14)10(5-7)19(17,18)16-11-4-2-8(13)6-15-11/h1-6H,14H2,(H,15,16). The Hall–Kier alpha value is -1.31. The summed E-state index contributed by atoms with van der Waals surface area (Å²) in [6.45, 7) is 0. The fraction of sp³-hybridized carbons (Fsp3) is 0. The van der Waals surface area contributed by atoms with Gasteiger partial charge in [0.25, 0.3) is 10.0 Å². The van der Waals surface area contributed by atoms with Crippen LogP contribution in [0.2, 0.25) is 5.02 Å². The van der Waals surface area contributed by atoms with E-state index in [1.54, 1.807) is 6.07 Å². The van der Waals surface area contributed by atoms with Crippen LogP contribution in [0.3, 0.4) is 0 Å². The number of halogens is 2. The minimum absolute atomic E-state index is 0.0152. The number of nitrogens with one attached hydrogen (secondary N) is 1. The number of nitrogen functional groups attached to an aromatic ring is 1. The Morgan fingerprint density at radius 1 is 1.26 bits per heavy atom. The summed E-state index contributed by atoms with van der Waals surface area (Å²) in [7, 11) is -3.79. The Morgan fingerprint density at radius 3 is 2.63 bits per heavy atom. The zero-order chi connectivity index (χ0) is 14.0. The summed E-state index contributed by atoms with van der Waals surface area (Å²) in [6.07, 6.45) is 1.35. The van der Waals surface area contributed by atoms with Crippen molar-refractivity contribution in [2.24, 2.45) is 0 Å². The van der Waals surface area contributed by atoms with Crippen LogP contribution in [0.25, 0.3) is 0 Å². The maximum Gasteiger partial charge on any atom is 0.265 e. The number of sulfonamides is 1. The fourth-order valence-electron chi connectivity index (χ4n) is 1.37. The first-order chi connectivity index (χ1) is 8.88. The van der Waals surface area contributed by atoms with E-state index in [1.165, 1.54) is 30.5 Å². The third-order valence-corrected chi connectivity index (χ3v) is 4.36. The van der Waals surface area contributed by atoms with Crippen molar-refractivity contribution in [2.75, 3.05) is 10.5 Å². The van der Waals surface area contributed by atoms with Crippen LogP contribution in [-0.2, 0) is 10.0 Å². The van der Waals surface area contributed by atoms with E-state index in [0.717, 1.165) is 0 Å². The molecule has 1 aromatic carbocycles. The normalized spacial score (nSPS) is 11.3. The van der Waals surface area contributed by atoms with Gasteiger partial charge in [0, 0.05) is 10.7 Å². The lowest BCUT2D eigenvalue weighted by atomic mass is 10.3. The molecule has 0 saturated heterocycles. The first-order valence-corrected chi connectivity index (χ1v) is 7.73. The van der Waals surface area contributed by atoms with Crippen LogP contribution in [-0.4, -0.2) is 13.4 Å². The number of pyridine rings is 1. The lowest BCUT2D eigenvalue weighted by Crippen LogP contribution is -2.15. The van der Waals surface area contributed by atoms with Gasteiger partial charge in [0.15, 0.2) is 0 Å². The zero-order valence-corrected chi connectivity index (χ0v) is 12.6. The van der Waals surface area contributed by atoms with Crippen molar-refractivity contribution in [1.82, 2.24) is 4.98 Å². The molecule has 100 valence electrons. The molecule has 0 unspecified atom stereocenters. The molecule has 2 aromatic rings. The molecule has 0 fully saturated rings. The molecule has 0 radical (unpaired) electrons. The van der Waals surface area contributed by atoms with Crippen molar-refractivity contribution >= 4 is 49.1 Å². The van der Waals surface area contributed by atoms with Gasteiger partial charge in [-0.3, -0.25) is 4.72 Å². The van der Waals surface area contributed by atoms with Crippen LogP contribution in [0.15, 0.2) is 45.9 Å². The average Bonchev–Trinajstić information content (AvgIpc) is 2.35. The van der Waals surface area contributed by atoms with E-state index in [0.29, 0.717) is 9.50 Å². The zero-order valence-electron chi connectivity index (χ0n) is 9.47. The van der Waals surface area contributed by atoms with E-state index in [2.05, 4.69) is 25.6 Å². The lowest BCUT2D eigenvalue weighted by molar-refractivity contribution is 0.601. The van der Waals surface area contributed by atoms with Crippen molar-refractivity contribution in [1.29, 1.82) is 0 Å². The van der Waals surface area contributed by atoms with Gasteiger partial charge >= 0.3 is 0 Å². The number of rotatable bonds is 3. The van der Waals surface area contributed by atoms with E-state index >= 15 is 0 Å². The molecule has 5 nitrogen and oxygen atoms in total. The highest BCUT2D eigenvalue weighted by Gasteiger charge is 2.18. The molecule has 19 heavy (non-hydrogen) atoms. The highest BCUT2D eigenvalue weighted by molar-refractivity contribution is 9.10. The Bertz CT molecular complexity index is 704. The van der Waals surface area contributed by atoms with Gasteiger partial charge in [-0.15, -0.1) is 0 Å². The van der Waals surface area contributed by atoms with Crippen molar-refractivity contribution in [3.05, 3.63) is 46.0 Å². The van der Waals surface area contributed by atoms with Crippen LogP contribution in [0.4, 0.5) is 11.5 Å². The van der Waals surface area contributed by atoms with Gasteiger partial charge in [-0.05, 0) is 30.3 Å². The average molecular weight is 363 g/mol. The Kier molecular flexibility index (Phi) is 3.98. The van der Waals surface area contributed by atoms with E-state index in [1.807, 2.05) is 0 Å². The van der Waals surface area contributed by atoms with E-state index in [9.17, 15) is 8.42 Å². The maximum absolute atomic E-state index is 12.2. The molecule has 0 aliphatic carbocycles. The minimum atomic E-state index is -3.79. The predicted octanol–water partition coefficient (Wildman–Crippen LogP) is 2.88. The summed E-state index contributed by atoms with van der Waals surface area (Å²) in [5, 5.41) is 0.421. The Labute approximate surface area is 124 Å². The number of anilines is 2. The Morgan fingerprint density at radius 2 is 2.00 bits per heavy atom. The molecule has 8 heteroatoms. The van der Waals surface area contributed by atoms with Gasteiger partial charge in [0.05, 0.1) is 10.7 Å². The van der Waals surface area contributed by atoms with Crippen LogP contribution < -0.4 is 10.5 Å². The number of aromatic nitrogens is 1. The molecule has 1 aromatic heterocycles. The van der Waals surface area contributed by atoms with Crippen LogP contribution >= 0.6 is 27.5 Å². The van der Waals surface area contributed by atoms with Crippen LogP contribution in [0.5, 0.6) is 0 Å². The minimum Gasteiger partial charge on any atom is -0.398 e. The molecule has 0 aliphatic rings. The smallest absolute Gasteiger partial charge is 0.265 e. The van der Waals surface area contributed by atoms with Crippen molar-refractivity contribution in [3.8, 4) is 0 Å². The van der Waals surface area contributed by atoms with E-state index in [-0.39, 0.29) is 16.4 Å². The topological polar surface area (TPSA) is 85.1 Å². The molecule has 2 rings (SSSR count). The van der Waals surface area contributed by atoms with E-state index < -0.39 is 10.0 Å². The Balaban J connectivity index is 2.37. The molecule has 1 heterocycles. The second-order valence-corrected chi connectivity index (χ2v) is 6.65. The number of hydrogen-bond acceptors (Lipinski definition) is 4. The fourth-order valence-corrected chi connectivity index (χ4v) is 3.16. The highest BCUT2D eigenvalue weighted by atomic mass is 79.9. The molecular weight excluding hydrogens is 354 g/mol. The summed E-state index contributed by atoms with van der Waals surface area (Å²) in [5.41, 5.74) is 5.83. The molecule has 0 amide bonds. The van der Waals surface area contributed by atoms with Gasteiger partial charge in [0.1, 0.15) is 10.7 Å². The largest absolute Gasteiger partial charge is 0.398 e. The van der Waals surface area contributed by atoms with Gasteiger partial charge in [-0.1, -0.05) is 27.5 Å². The monoisotopic (exact) mass is 361 g/mol. The van der Waals surface area contributed by atoms with Crippen LogP contribution in [0, 0.1) is 0 Å². The second kappa shape index (κ2) is 5.36. The molecule has 0 saturated carbocycles. The van der Waals surface area contributed by atoms with Crippen molar-refractivity contribution < 1.29 is 8.42 Å². The molecule has 0 bridgehead atoms. The number of nitrogens with zero attached hydrogens (tertiary/aromatic N) is 1. The van der Waals surface area contributed by atoms with Crippen LogP contribution in [0.1, 0.15) is 0 Å². The predicted molar refractivity (Wildman–Crippen MR) is 78.6 cm³/mol. The molecule has 0 aliphatic heterocycles. The molecule has 0 spiro atoms. The number of benzene rings is 1. The van der Waals surface area contributed by atoms with Gasteiger partial charge < -0.3 is 5.73 Å². The van der Waals surface area contributed by atoms with E-state index in [4.69, 9.17) is 17.3 Å². The summed E-state index contributed by atoms with van der Waals surface area (Å²) in [6, 6.07) is 7.60. The maximum atomic E-state index is 12.2. The first kappa shape index (κ1) is 14.1. The number of nitrogens with two attached hydrogens (primary N) is 1. The molecular formula is C11H9BrClN3O2S. The van der Waals surface area contributed by atoms with Gasteiger partial charge in [-0.25, -0.2) is 13.4 Å². The first-order valence-electron chi connectivity index (χ1n) is 5.08. The van der Waals surface area contributed by atoms with Gasteiger partial charge in [0.2, 0.25) is 0 Å². The molecule has 3 N–H and O–H groups in total. The quantitative estimate of drug-likeness (QED) is 0.822. The van der Waals surface area contributed by atoms with Gasteiger partial charge in [-0.2, -0.15) is 0 Å². The SMILES string of the molecule is Nc1ccc(Br)cc1S(=O)(=O)Nc1ccc(Cl)cn1. The summed E-state index contributed by atoms with van der Waals surface area (Å²) >= 11 is 8.88. The summed E-state index contributed by atoms with van der Waals surface area (Å²) < 4.78 is 27.3. The molecule has 0 atom stereocenters. The number of hydrogen-bond donors (Lipinski definition) is 2. The second-order valence-electron chi connectivity index (χ2n) is 3.65. The third-order valence-electron chi connectivity index (χ3n) is 2.23. The summed E-state index contributed by atoms with van der Waals surface area (Å²) in [4.78, 5) is 3.85. The third kappa shape index (κ3) is 3.37. The highest BCUT2D eigenvalue weighted by Crippen LogP contribution is 2.24. The lowest BCUT2D eigenvalue weighted by Gasteiger charge is -2.09. The summed E-state index contributed by atoms with van der Waals surface area (Å²) in [5.74, 6) is 0.170. The van der Waals surface area contributed by atoms with Crippen molar-refractivity contribution in [3.63, 3.8) is 0 Å². The van der Waals surface area contributed by atoms with Crippen molar-refractivity contribution in [2.45, 2.75) is 4.90 Å².